The molecule has 2 aliphatic heterocycles. The van der Waals surface area contributed by atoms with Gasteiger partial charge in [0.25, 0.3) is 11.4 Å². The monoisotopic (exact) mass is 680 g/mol. The second kappa shape index (κ2) is 12.5. The summed E-state index contributed by atoms with van der Waals surface area (Å²) in [4.78, 5) is 24.8. The summed E-state index contributed by atoms with van der Waals surface area (Å²) in [6.45, 7) is 0.975. The lowest BCUT2D eigenvalue weighted by Crippen LogP contribution is -2.41. The fraction of sp³-hybridized carbons (Fsp3) is 0.438. The highest BCUT2D eigenvalue weighted by molar-refractivity contribution is 6.33. The maximum Gasteiger partial charge on any atom is 0.288 e. The molecule has 6 rings (SSSR count). The van der Waals surface area contributed by atoms with Crippen molar-refractivity contribution >= 4 is 46.0 Å². The van der Waals surface area contributed by atoms with Crippen LogP contribution >= 0.6 is 23.2 Å². The lowest BCUT2D eigenvalue weighted by atomic mass is 9.68. The van der Waals surface area contributed by atoms with Crippen molar-refractivity contribution in [2.75, 3.05) is 22.9 Å². The summed E-state index contributed by atoms with van der Waals surface area (Å²) in [5, 5.41) is 22.4. The minimum absolute atomic E-state index is 0.0649. The van der Waals surface area contributed by atoms with Crippen molar-refractivity contribution in [1.29, 1.82) is 0 Å². The number of anilines is 2. The molecule has 1 spiro atoms. The van der Waals surface area contributed by atoms with Crippen LogP contribution in [-0.2, 0) is 0 Å². The van der Waals surface area contributed by atoms with Crippen LogP contribution in [0.4, 0.5) is 40.3 Å². The smallest absolute Gasteiger partial charge is 0.288 e. The molecule has 2 atom stereocenters. The molecule has 3 fully saturated rings. The van der Waals surface area contributed by atoms with Gasteiger partial charge in [0.05, 0.1) is 21.9 Å². The van der Waals surface area contributed by atoms with E-state index in [4.69, 9.17) is 23.2 Å². The highest BCUT2D eigenvalue weighted by Crippen LogP contribution is 2.51. The number of nitrogens with zero attached hydrogens (tertiary/aromatic N) is 4. The number of hydrogen-bond donors (Lipinski definition) is 0. The van der Waals surface area contributed by atoms with Crippen LogP contribution in [0.2, 0.25) is 10.0 Å². The van der Waals surface area contributed by atoms with E-state index in [-0.39, 0.29) is 40.8 Å². The average molecular weight is 682 g/mol. The van der Waals surface area contributed by atoms with Gasteiger partial charge in [0, 0.05) is 42.0 Å². The predicted molar refractivity (Wildman–Crippen MR) is 167 cm³/mol. The summed E-state index contributed by atoms with van der Waals surface area (Å²) in [6, 6.07) is 3.50. The third kappa shape index (κ3) is 5.85. The van der Waals surface area contributed by atoms with E-state index in [1.165, 1.54) is 11.3 Å². The van der Waals surface area contributed by atoms with Gasteiger partial charge in [-0.3, -0.25) is 20.2 Å². The largest absolute Gasteiger partial charge is 0.367 e. The standard InChI is InChI=1S/C32H30Cl2F4N4O4/c33-21-16-23(35)19(14-29(21)41(43)44)27-4-5-28(20-15-30(42(45)46)22(34)17-24(20)36)40(27)18-12-25(37)31(26(38)13-18)39-10-8-32(9-11-39)6-2-1-3-7-32/h12-17,27-28H,1-11H2. The van der Waals surface area contributed by atoms with Crippen LogP contribution in [0, 0.1) is 48.9 Å². The Hall–Kier alpha value is -3.64. The van der Waals surface area contributed by atoms with Crippen LogP contribution in [0.3, 0.4) is 0 Å². The summed E-state index contributed by atoms with van der Waals surface area (Å²) in [6.07, 6.45) is 7.53. The highest BCUT2D eigenvalue weighted by Gasteiger charge is 2.41. The Kier molecular flexibility index (Phi) is 8.79. The Labute approximate surface area is 272 Å². The molecule has 244 valence electrons. The second-order valence-electron chi connectivity index (χ2n) is 12.5. The van der Waals surface area contributed by atoms with Crippen molar-refractivity contribution in [3.8, 4) is 0 Å². The SMILES string of the molecule is O=[N+]([O-])c1cc(C2CCC(c3cc([N+](=O)[O-])c(Cl)cc3F)N2c2cc(F)c(N3CCC4(CCCCC4)CC3)c(F)c2)c(F)cc1Cl. The summed E-state index contributed by atoms with van der Waals surface area (Å²) in [7, 11) is 0. The molecule has 0 radical (unpaired) electrons. The van der Waals surface area contributed by atoms with Crippen molar-refractivity contribution < 1.29 is 27.4 Å². The van der Waals surface area contributed by atoms with Crippen LogP contribution < -0.4 is 9.80 Å². The molecule has 8 nitrogen and oxygen atoms in total. The van der Waals surface area contributed by atoms with Gasteiger partial charge in [-0.1, -0.05) is 42.5 Å². The van der Waals surface area contributed by atoms with Crippen molar-refractivity contribution in [3.63, 3.8) is 0 Å². The quantitative estimate of drug-likeness (QED) is 0.146. The zero-order valence-corrected chi connectivity index (χ0v) is 26.1. The molecule has 46 heavy (non-hydrogen) atoms. The maximum atomic E-state index is 16.0. The van der Waals surface area contributed by atoms with Crippen LogP contribution in [0.15, 0.2) is 36.4 Å². The normalized spacial score (nSPS) is 21.2. The number of piperidine rings is 1. The van der Waals surface area contributed by atoms with Gasteiger partial charge in [0.15, 0.2) is 11.6 Å². The van der Waals surface area contributed by atoms with Gasteiger partial charge in [-0.05, 0) is 68.2 Å². The molecule has 3 aliphatic rings. The maximum absolute atomic E-state index is 16.0. The van der Waals surface area contributed by atoms with Crippen LogP contribution in [0.25, 0.3) is 0 Å². The van der Waals surface area contributed by atoms with Crippen LogP contribution in [0.5, 0.6) is 0 Å². The molecule has 3 aromatic rings. The van der Waals surface area contributed by atoms with Gasteiger partial charge in [0.1, 0.15) is 27.4 Å². The molecule has 0 bridgehead atoms. The molecular weight excluding hydrogens is 651 g/mol. The van der Waals surface area contributed by atoms with Gasteiger partial charge in [-0.2, -0.15) is 0 Å². The number of nitro groups is 2. The Morgan fingerprint density at radius 3 is 1.57 bits per heavy atom. The number of benzene rings is 3. The number of nitro benzene ring substituents is 2. The van der Waals surface area contributed by atoms with E-state index in [0.717, 1.165) is 74.9 Å². The van der Waals surface area contributed by atoms with Gasteiger partial charge in [0.2, 0.25) is 0 Å². The molecule has 14 heteroatoms. The summed E-state index contributed by atoms with van der Waals surface area (Å²) in [5.74, 6) is -3.55. The third-order valence-corrected chi connectivity index (χ3v) is 10.6. The summed E-state index contributed by atoms with van der Waals surface area (Å²) < 4.78 is 62.8. The first-order chi connectivity index (χ1) is 21.9. The number of hydrogen-bond acceptors (Lipinski definition) is 6. The van der Waals surface area contributed by atoms with Gasteiger partial charge < -0.3 is 9.80 Å². The van der Waals surface area contributed by atoms with Gasteiger partial charge in [-0.15, -0.1) is 0 Å². The second-order valence-corrected chi connectivity index (χ2v) is 13.3. The van der Waals surface area contributed by atoms with Crippen LogP contribution in [-0.4, -0.2) is 22.9 Å². The topological polar surface area (TPSA) is 92.8 Å². The molecule has 0 N–H and O–H groups in total. The Balaban J connectivity index is 1.42. The van der Waals surface area contributed by atoms with Crippen LogP contribution in [0.1, 0.15) is 81.0 Å². The minimum atomic E-state index is -1.07. The van der Waals surface area contributed by atoms with Crippen molar-refractivity contribution in [1.82, 2.24) is 0 Å². The first-order valence-corrected chi connectivity index (χ1v) is 15.9. The van der Waals surface area contributed by atoms with E-state index >= 15 is 17.6 Å². The average Bonchev–Trinajstić information content (AvgIpc) is 3.42. The van der Waals surface area contributed by atoms with E-state index in [0.29, 0.717) is 13.1 Å². The van der Waals surface area contributed by atoms with Crippen molar-refractivity contribution in [2.24, 2.45) is 5.41 Å². The van der Waals surface area contributed by atoms with Crippen molar-refractivity contribution in [2.45, 2.75) is 69.9 Å². The Morgan fingerprint density at radius 2 is 1.13 bits per heavy atom. The fourth-order valence-corrected chi connectivity index (χ4v) is 8.13. The molecular formula is C32H30Cl2F4N4O4. The predicted octanol–water partition coefficient (Wildman–Crippen LogP) is 10.00. The van der Waals surface area contributed by atoms with E-state index in [9.17, 15) is 20.2 Å². The summed E-state index contributed by atoms with van der Waals surface area (Å²) in [5.41, 5.74) is -1.62. The Bertz CT molecular complexity index is 1610. The minimum Gasteiger partial charge on any atom is -0.367 e. The number of halogens is 6. The molecule has 3 aromatic carbocycles. The Morgan fingerprint density at radius 1 is 0.674 bits per heavy atom. The molecule has 1 saturated carbocycles. The lowest BCUT2D eigenvalue weighted by molar-refractivity contribution is -0.384. The third-order valence-electron chi connectivity index (χ3n) is 9.98. The molecule has 2 unspecified atom stereocenters. The zero-order valence-electron chi connectivity index (χ0n) is 24.6. The van der Waals surface area contributed by atoms with E-state index in [2.05, 4.69) is 0 Å². The van der Waals surface area contributed by atoms with Gasteiger partial charge >= 0.3 is 0 Å². The van der Waals surface area contributed by atoms with E-state index in [1.54, 1.807) is 4.90 Å². The van der Waals surface area contributed by atoms with E-state index < -0.39 is 66.6 Å². The lowest BCUT2D eigenvalue weighted by Gasteiger charge is -2.45. The first kappa shape index (κ1) is 32.3. The first-order valence-electron chi connectivity index (χ1n) is 15.2. The summed E-state index contributed by atoms with van der Waals surface area (Å²) >= 11 is 11.8. The molecule has 0 aromatic heterocycles. The van der Waals surface area contributed by atoms with Crippen molar-refractivity contribution in [3.05, 3.63) is 101 Å². The fourth-order valence-electron chi connectivity index (χ4n) is 7.69. The number of rotatable bonds is 6. The van der Waals surface area contributed by atoms with Gasteiger partial charge in [-0.25, -0.2) is 17.6 Å². The molecule has 2 saturated heterocycles. The molecule has 0 amide bonds. The van der Waals surface area contributed by atoms with E-state index in [1.807, 2.05) is 0 Å². The molecule has 1 aliphatic carbocycles. The highest BCUT2D eigenvalue weighted by atomic mass is 35.5. The zero-order chi connectivity index (χ0) is 32.9. The molecule has 2 heterocycles.